The number of hydrogen-bond acceptors (Lipinski definition) is 4. The average molecular weight is 489 g/mol. The Morgan fingerprint density at radius 1 is 0.806 bits per heavy atom. The molecule has 0 spiro atoms. The van der Waals surface area contributed by atoms with Gasteiger partial charge in [-0.2, -0.15) is 0 Å². The molecule has 1 aliphatic heterocycles. The monoisotopic (exact) mass is 488 g/mol. The minimum atomic E-state index is 0.0120. The van der Waals surface area contributed by atoms with E-state index in [9.17, 15) is 4.79 Å². The number of esters is 1. The first-order valence-electron chi connectivity index (χ1n) is 14.1. The Bertz CT molecular complexity index is 1020. The first-order chi connectivity index (χ1) is 17.6. The first kappa shape index (κ1) is 24.2. The third-order valence-corrected chi connectivity index (χ3v) is 10.1. The van der Waals surface area contributed by atoms with E-state index in [4.69, 9.17) is 14.2 Å². The van der Waals surface area contributed by atoms with Crippen LogP contribution in [0.5, 0.6) is 0 Å². The second-order valence-corrected chi connectivity index (χ2v) is 12.0. The lowest BCUT2D eigenvalue weighted by Crippen LogP contribution is -2.47. The smallest absolute Gasteiger partial charge is 0.306 e. The standard InChI is InChI=1S/C32H40O4/c1-32-17-16-25-26-13-12-24(34-20-22-8-4-2-5-9-22)18-29(26)36-31(33)19-27(25)28(32)14-15-30(32)35-21-23-10-6-3-7-11-23/h2-11,24-30H,12-21H2,1H3/t24-,25+,26+,27+,28-,29-,30-,32-/m0/s1. The highest BCUT2D eigenvalue weighted by Crippen LogP contribution is 2.61. The van der Waals surface area contributed by atoms with Gasteiger partial charge >= 0.3 is 5.97 Å². The fourth-order valence-corrected chi connectivity index (χ4v) is 8.23. The van der Waals surface area contributed by atoms with Crippen LogP contribution in [0.1, 0.15) is 69.4 Å². The summed E-state index contributed by atoms with van der Waals surface area (Å²) in [5, 5.41) is 0. The molecular formula is C32H40O4. The van der Waals surface area contributed by atoms with E-state index in [2.05, 4.69) is 61.5 Å². The van der Waals surface area contributed by atoms with Crippen LogP contribution >= 0.6 is 0 Å². The predicted octanol–water partition coefficient (Wildman–Crippen LogP) is 6.72. The molecule has 0 radical (unpaired) electrons. The second-order valence-electron chi connectivity index (χ2n) is 12.0. The van der Waals surface area contributed by atoms with Gasteiger partial charge in [0.05, 0.1) is 25.4 Å². The molecule has 36 heavy (non-hydrogen) atoms. The van der Waals surface area contributed by atoms with Gasteiger partial charge < -0.3 is 14.2 Å². The van der Waals surface area contributed by atoms with Crippen molar-refractivity contribution in [3.8, 4) is 0 Å². The average Bonchev–Trinajstić information content (AvgIpc) is 3.16. The zero-order valence-corrected chi connectivity index (χ0v) is 21.5. The van der Waals surface area contributed by atoms with Crippen molar-refractivity contribution < 1.29 is 19.0 Å². The van der Waals surface area contributed by atoms with Gasteiger partial charge in [0, 0.05) is 12.8 Å². The topological polar surface area (TPSA) is 44.8 Å². The minimum absolute atomic E-state index is 0.0120. The molecule has 4 nitrogen and oxygen atoms in total. The van der Waals surface area contributed by atoms with Gasteiger partial charge in [0.2, 0.25) is 0 Å². The third-order valence-electron chi connectivity index (χ3n) is 10.1. The van der Waals surface area contributed by atoms with Gasteiger partial charge in [-0.3, -0.25) is 4.79 Å². The summed E-state index contributed by atoms with van der Waals surface area (Å²) in [5.41, 5.74) is 2.60. The van der Waals surface area contributed by atoms with Crippen molar-refractivity contribution in [2.75, 3.05) is 0 Å². The van der Waals surface area contributed by atoms with Gasteiger partial charge in [0.1, 0.15) is 6.10 Å². The fourth-order valence-electron chi connectivity index (χ4n) is 8.23. The van der Waals surface area contributed by atoms with Crippen LogP contribution in [0.4, 0.5) is 0 Å². The van der Waals surface area contributed by atoms with Crippen LogP contribution in [0.15, 0.2) is 60.7 Å². The zero-order chi connectivity index (χ0) is 24.5. The number of rotatable bonds is 6. The van der Waals surface area contributed by atoms with Crippen molar-refractivity contribution in [1.29, 1.82) is 0 Å². The number of hydrogen-bond donors (Lipinski definition) is 0. The molecule has 0 amide bonds. The Labute approximate surface area is 215 Å². The van der Waals surface area contributed by atoms with E-state index in [1.807, 2.05) is 6.07 Å². The maximum absolute atomic E-state index is 13.1. The molecule has 6 rings (SSSR count). The lowest BCUT2D eigenvalue weighted by Gasteiger charge is -2.50. The van der Waals surface area contributed by atoms with E-state index < -0.39 is 0 Å². The summed E-state index contributed by atoms with van der Waals surface area (Å²) in [6.45, 7) is 3.76. The molecule has 1 saturated heterocycles. The van der Waals surface area contributed by atoms with Gasteiger partial charge in [-0.15, -0.1) is 0 Å². The zero-order valence-electron chi connectivity index (χ0n) is 21.5. The van der Waals surface area contributed by atoms with Crippen molar-refractivity contribution in [2.24, 2.45) is 29.1 Å². The first-order valence-corrected chi connectivity index (χ1v) is 14.1. The normalized spacial score (nSPS) is 37.8. The minimum Gasteiger partial charge on any atom is -0.462 e. The van der Waals surface area contributed by atoms with Gasteiger partial charge in [-0.1, -0.05) is 67.6 Å². The molecule has 192 valence electrons. The Morgan fingerprint density at radius 3 is 2.22 bits per heavy atom. The van der Waals surface area contributed by atoms with E-state index in [0.29, 0.717) is 43.3 Å². The van der Waals surface area contributed by atoms with Crippen LogP contribution in [0.2, 0.25) is 0 Å². The molecule has 8 atom stereocenters. The molecule has 2 aromatic rings. The molecule has 1 heterocycles. The fraction of sp³-hybridized carbons (Fsp3) is 0.594. The molecule has 3 aliphatic carbocycles. The van der Waals surface area contributed by atoms with Crippen molar-refractivity contribution >= 4 is 5.97 Å². The number of carbonyl (C=O) groups excluding carboxylic acids is 1. The summed E-state index contributed by atoms with van der Waals surface area (Å²) in [7, 11) is 0. The molecule has 0 N–H and O–H groups in total. The van der Waals surface area contributed by atoms with Gasteiger partial charge in [0.15, 0.2) is 0 Å². The second kappa shape index (κ2) is 10.3. The molecular weight excluding hydrogens is 448 g/mol. The molecule has 4 aliphatic rings. The Hall–Kier alpha value is -2.17. The van der Waals surface area contributed by atoms with Gasteiger partial charge in [-0.05, 0) is 78.7 Å². The number of carbonyl (C=O) groups is 1. The van der Waals surface area contributed by atoms with E-state index >= 15 is 0 Å². The van der Waals surface area contributed by atoms with Crippen LogP contribution in [0.3, 0.4) is 0 Å². The van der Waals surface area contributed by atoms with Crippen molar-refractivity contribution in [2.45, 2.75) is 89.8 Å². The lowest BCUT2D eigenvalue weighted by atomic mass is 9.55. The van der Waals surface area contributed by atoms with Crippen molar-refractivity contribution in [3.63, 3.8) is 0 Å². The Morgan fingerprint density at radius 2 is 1.50 bits per heavy atom. The largest absolute Gasteiger partial charge is 0.462 e. The summed E-state index contributed by atoms with van der Waals surface area (Å²) < 4.78 is 19.0. The highest BCUT2D eigenvalue weighted by Gasteiger charge is 2.58. The number of benzene rings is 2. The quantitative estimate of drug-likeness (QED) is 0.424. The molecule has 0 aromatic heterocycles. The van der Waals surface area contributed by atoms with Crippen LogP contribution < -0.4 is 0 Å². The van der Waals surface area contributed by atoms with Crippen LogP contribution in [-0.4, -0.2) is 24.3 Å². The molecule has 0 bridgehead atoms. The van der Waals surface area contributed by atoms with Crippen LogP contribution in [0.25, 0.3) is 0 Å². The van der Waals surface area contributed by atoms with Crippen LogP contribution in [-0.2, 0) is 32.2 Å². The highest BCUT2D eigenvalue weighted by molar-refractivity contribution is 5.70. The molecule has 3 saturated carbocycles. The molecule has 4 heteroatoms. The summed E-state index contributed by atoms with van der Waals surface area (Å²) in [6.07, 6.45) is 8.73. The van der Waals surface area contributed by atoms with E-state index in [-0.39, 0.29) is 29.7 Å². The number of ether oxygens (including phenoxy) is 3. The van der Waals surface area contributed by atoms with Gasteiger partial charge in [-0.25, -0.2) is 0 Å². The van der Waals surface area contributed by atoms with E-state index in [1.165, 1.54) is 30.4 Å². The summed E-state index contributed by atoms with van der Waals surface area (Å²) in [5.74, 6) is 2.06. The van der Waals surface area contributed by atoms with Gasteiger partial charge in [0.25, 0.3) is 0 Å². The van der Waals surface area contributed by atoms with Crippen molar-refractivity contribution in [1.82, 2.24) is 0 Å². The molecule has 4 fully saturated rings. The van der Waals surface area contributed by atoms with E-state index in [1.54, 1.807) is 0 Å². The summed E-state index contributed by atoms with van der Waals surface area (Å²) >= 11 is 0. The Balaban J connectivity index is 1.11. The van der Waals surface area contributed by atoms with E-state index in [0.717, 1.165) is 25.7 Å². The predicted molar refractivity (Wildman–Crippen MR) is 139 cm³/mol. The summed E-state index contributed by atoms with van der Waals surface area (Å²) in [6, 6.07) is 20.9. The molecule has 0 unspecified atom stereocenters. The maximum atomic E-state index is 13.1. The summed E-state index contributed by atoms with van der Waals surface area (Å²) in [4.78, 5) is 13.1. The Kier molecular flexibility index (Phi) is 6.92. The third kappa shape index (κ3) is 4.75. The highest BCUT2D eigenvalue weighted by atomic mass is 16.5. The maximum Gasteiger partial charge on any atom is 0.306 e. The SMILES string of the molecule is C[C@]12CC[C@@H]3[C@H]4CC[C@H](OCc5ccccc5)C[C@@H]4OC(=O)C[C@H]3[C@@H]1CC[C@@H]2OCc1ccccc1. The number of fused-ring (bicyclic) bond motifs is 5. The van der Waals surface area contributed by atoms with Crippen LogP contribution in [0, 0.1) is 29.1 Å². The molecule has 2 aromatic carbocycles. The van der Waals surface area contributed by atoms with Crippen molar-refractivity contribution in [3.05, 3.63) is 71.8 Å². The lowest BCUT2D eigenvalue weighted by molar-refractivity contribution is -0.155.